The van der Waals surface area contributed by atoms with Crippen LogP contribution in [-0.2, 0) is 0 Å². The molecule has 0 saturated carbocycles. The summed E-state index contributed by atoms with van der Waals surface area (Å²) >= 11 is 11.6. The van der Waals surface area contributed by atoms with Gasteiger partial charge in [0.25, 0.3) is 0 Å². The van der Waals surface area contributed by atoms with Crippen molar-refractivity contribution in [2.45, 2.75) is 13.0 Å². The van der Waals surface area contributed by atoms with Gasteiger partial charge in [-0.3, -0.25) is 0 Å². The van der Waals surface area contributed by atoms with Crippen molar-refractivity contribution in [3.05, 3.63) is 44.3 Å². The first kappa shape index (κ1) is 10.2. The minimum atomic E-state index is -0.269. The fourth-order valence-electron chi connectivity index (χ4n) is 0.980. The van der Waals surface area contributed by atoms with E-state index in [0.29, 0.717) is 10.0 Å². The van der Waals surface area contributed by atoms with Crippen LogP contribution in [0.2, 0.25) is 10.0 Å². The second-order valence-electron chi connectivity index (χ2n) is 2.55. The first-order valence-corrected chi connectivity index (χ1v) is 4.40. The molecule has 0 aliphatic carbocycles. The van der Waals surface area contributed by atoms with Gasteiger partial charge in [0, 0.05) is 15.0 Å². The van der Waals surface area contributed by atoms with E-state index in [9.17, 15) is 0 Å². The van der Waals surface area contributed by atoms with Crippen molar-refractivity contribution < 1.29 is 0 Å². The first-order valence-electron chi connectivity index (χ1n) is 3.64. The fraction of sp³-hybridized carbons (Fsp3) is 0.250. The summed E-state index contributed by atoms with van der Waals surface area (Å²) in [5.41, 5.74) is 9.01. The van der Waals surface area contributed by atoms with Crippen LogP contribution in [0.25, 0.3) is 10.4 Å². The third-order valence-corrected chi connectivity index (χ3v) is 2.20. The molecule has 0 spiro atoms. The molecule has 0 aromatic heterocycles. The van der Waals surface area contributed by atoms with Gasteiger partial charge in [-0.1, -0.05) is 41.3 Å². The molecule has 0 N–H and O–H groups in total. The lowest BCUT2D eigenvalue weighted by molar-refractivity contribution is 0.808. The van der Waals surface area contributed by atoms with E-state index in [1.54, 1.807) is 25.1 Å². The van der Waals surface area contributed by atoms with E-state index in [-0.39, 0.29) is 6.04 Å². The molecule has 68 valence electrons. The molecule has 0 fully saturated rings. The lowest BCUT2D eigenvalue weighted by Gasteiger charge is -2.06. The maximum Gasteiger partial charge on any atom is 0.0611 e. The molecular formula is C8H7Cl2N3. The Morgan fingerprint density at radius 2 is 2.15 bits per heavy atom. The molecule has 0 saturated heterocycles. The molecule has 0 aliphatic heterocycles. The van der Waals surface area contributed by atoms with Crippen LogP contribution in [-0.4, -0.2) is 0 Å². The monoisotopic (exact) mass is 215 g/mol. The van der Waals surface area contributed by atoms with Crippen LogP contribution in [0, 0.1) is 0 Å². The van der Waals surface area contributed by atoms with Crippen molar-refractivity contribution in [1.82, 2.24) is 0 Å². The Morgan fingerprint density at radius 1 is 1.46 bits per heavy atom. The van der Waals surface area contributed by atoms with E-state index in [0.717, 1.165) is 5.56 Å². The van der Waals surface area contributed by atoms with Crippen LogP contribution >= 0.6 is 23.2 Å². The first-order chi connectivity index (χ1) is 6.15. The van der Waals surface area contributed by atoms with E-state index in [1.807, 2.05) is 0 Å². The summed E-state index contributed by atoms with van der Waals surface area (Å²) in [6.45, 7) is 1.77. The van der Waals surface area contributed by atoms with Crippen LogP contribution in [0.4, 0.5) is 0 Å². The average molecular weight is 216 g/mol. The standard InChI is InChI=1S/C8H7Cl2N3/c1-5(12-13-11)7-3-2-6(9)4-8(7)10/h2-5H,1H3. The molecule has 3 nitrogen and oxygen atoms in total. The zero-order valence-corrected chi connectivity index (χ0v) is 8.42. The molecule has 1 rings (SSSR count). The van der Waals surface area contributed by atoms with Gasteiger partial charge in [0.05, 0.1) is 6.04 Å². The average Bonchev–Trinajstić information content (AvgIpc) is 2.04. The molecule has 1 atom stereocenters. The van der Waals surface area contributed by atoms with Gasteiger partial charge in [-0.15, -0.1) is 0 Å². The molecule has 1 unspecified atom stereocenters. The van der Waals surface area contributed by atoms with E-state index >= 15 is 0 Å². The van der Waals surface area contributed by atoms with Crippen molar-refractivity contribution in [1.29, 1.82) is 0 Å². The Balaban J connectivity index is 3.08. The molecule has 0 heterocycles. The number of benzene rings is 1. The summed E-state index contributed by atoms with van der Waals surface area (Å²) < 4.78 is 0. The molecule has 0 amide bonds. The van der Waals surface area contributed by atoms with Gasteiger partial charge in [-0.2, -0.15) is 0 Å². The Hall–Kier alpha value is -0.890. The highest BCUT2D eigenvalue weighted by atomic mass is 35.5. The molecule has 13 heavy (non-hydrogen) atoms. The fourth-order valence-corrected chi connectivity index (χ4v) is 1.55. The molecule has 5 heteroatoms. The van der Waals surface area contributed by atoms with Gasteiger partial charge in [0.15, 0.2) is 0 Å². The normalized spacial score (nSPS) is 11.9. The van der Waals surface area contributed by atoms with Crippen LogP contribution in [0.1, 0.15) is 18.5 Å². The van der Waals surface area contributed by atoms with Crippen LogP contribution in [0.15, 0.2) is 23.3 Å². The molecule has 1 aromatic carbocycles. The third-order valence-electron chi connectivity index (χ3n) is 1.64. The van der Waals surface area contributed by atoms with E-state index < -0.39 is 0 Å². The quantitative estimate of drug-likeness (QED) is 0.400. The third kappa shape index (κ3) is 2.52. The van der Waals surface area contributed by atoms with Gasteiger partial charge in [-0.25, -0.2) is 0 Å². The van der Waals surface area contributed by atoms with Crippen LogP contribution in [0.3, 0.4) is 0 Å². The molecule has 0 aliphatic rings. The number of hydrogen-bond acceptors (Lipinski definition) is 1. The molecule has 0 radical (unpaired) electrons. The summed E-state index contributed by atoms with van der Waals surface area (Å²) in [5.74, 6) is 0. The summed E-state index contributed by atoms with van der Waals surface area (Å²) in [6, 6.07) is 4.83. The van der Waals surface area contributed by atoms with E-state index in [4.69, 9.17) is 28.7 Å². The Morgan fingerprint density at radius 3 is 2.69 bits per heavy atom. The van der Waals surface area contributed by atoms with Crippen molar-refractivity contribution in [3.63, 3.8) is 0 Å². The lowest BCUT2D eigenvalue weighted by atomic mass is 10.1. The van der Waals surface area contributed by atoms with Gasteiger partial charge in [0.2, 0.25) is 0 Å². The minimum absolute atomic E-state index is 0.269. The van der Waals surface area contributed by atoms with Crippen molar-refractivity contribution in [2.24, 2.45) is 5.11 Å². The highest BCUT2D eigenvalue weighted by molar-refractivity contribution is 6.35. The van der Waals surface area contributed by atoms with E-state index in [2.05, 4.69) is 10.0 Å². The number of halogens is 2. The van der Waals surface area contributed by atoms with Crippen molar-refractivity contribution in [3.8, 4) is 0 Å². The predicted molar refractivity (Wildman–Crippen MR) is 54.0 cm³/mol. The summed E-state index contributed by atoms with van der Waals surface area (Å²) in [7, 11) is 0. The second kappa shape index (κ2) is 4.38. The Labute approximate surface area is 85.9 Å². The van der Waals surface area contributed by atoms with Gasteiger partial charge in [-0.05, 0) is 23.2 Å². The SMILES string of the molecule is CC(N=[N+]=[N-])c1ccc(Cl)cc1Cl. The largest absolute Gasteiger partial charge is 0.0861 e. The van der Waals surface area contributed by atoms with Crippen LogP contribution in [0.5, 0.6) is 0 Å². The van der Waals surface area contributed by atoms with Crippen LogP contribution < -0.4 is 0 Å². The van der Waals surface area contributed by atoms with Crippen molar-refractivity contribution in [2.75, 3.05) is 0 Å². The van der Waals surface area contributed by atoms with Gasteiger partial charge in [0.1, 0.15) is 0 Å². The Bertz CT molecular complexity index is 358. The lowest BCUT2D eigenvalue weighted by Crippen LogP contribution is -1.88. The van der Waals surface area contributed by atoms with Crippen molar-refractivity contribution >= 4 is 23.2 Å². The molecule has 1 aromatic rings. The zero-order chi connectivity index (χ0) is 9.84. The predicted octanol–water partition coefficient (Wildman–Crippen LogP) is 4.36. The van der Waals surface area contributed by atoms with Gasteiger partial charge < -0.3 is 0 Å². The molecular weight excluding hydrogens is 209 g/mol. The highest BCUT2D eigenvalue weighted by Gasteiger charge is 2.07. The number of hydrogen-bond donors (Lipinski definition) is 0. The second-order valence-corrected chi connectivity index (χ2v) is 3.39. The number of rotatable bonds is 2. The maximum atomic E-state index is 8.23. The topological polar surface area (TPSA) is 48.8 Å². The molecule has 0 bridgehead atoms. The maximum absolute atomic E-state index is 8.23. The smallest absolute Gasteiger partial charge is 0.0611 e. The highest BCUT2D eigenvalue weighted by Crippen LogP contribution is 2.27. The minimum Gasteiger partial charge on any atom is -0.0861 e. The Kier molecular flexibility index (Phi) is 3.43. The number of azide groups is 1. The zero-order valence-electron chi connectivity index (χ0n) is 6.91. The summed E-state index contributed by atoms with van der Waals surface area (Å²) in [4.78, 5) is 2.71. The van der Waals surface area contributed by atoms with E-state index in [1.165, 1.54) is 0 Å². The summed E-state index contributed by atoms with van der Waals surface area (Å²) in [6.07, 6.45) is 0. The van der Waals surface area contributed by atoms with Gasteiger partial charge >= 0.3 is 0 Å². The number of nitrogens with zero attached hydrogens (tertiary/aromatic N) is 3. The summed E-state index contributed by atoms with van der Waals surface area (Å²) in [5, 5.41) is 4.63.